The maximum atomic E-state index is 11.9. The summed E-state index contributed by atoms with van der Waals surface area (Å²) in [7, 11) is 1.29. The average Bonchev–Trinajstić information content (AvgIpc) is 2.37. The molecule has 6 nitrogen and oxygen atoms in total. The van der Waals surface area contributed by atoms with E-state index in [9.17, 15) is 9.59 Å². The van der Waals surface area contributed by atoms with Gasteiger partial charge in [-0.3, -0.25) is 0 Å². The molecular formula is C13H14N2O4. The van der Waals surface area contributed by atoms with E-state index >= 15 is 0 Å². The predicted octanol–water partition coefficient (Wildman–Crippen LogP) is 1.47. The molecule has 19 heavy (non-hydrogen) atoms. The number of hydrogen-bond donors (Lipinski definition) is 1. The zero-order valence-electron chi connectivity index (χ0n) is 10.9. The Balaban J connectivity index is 2.42. The first kappa shape index (κ1) is 13.1. The van der Waals surface area contributed by atoms with Crippen LogP contribution in [0.4, 0.5) is 6.01 Å². The lowest BCUT2D eigenvalue weighted by Gasteiger charge is -2.11. The van der Waals surface area contributed by atoms with E-state index in [-0.39, 0.29) is 6.01 Å². The van der Waals surface area contributed by atoms with E-state index < -0.39 is 17.6 Å². The van der Waals surface area contributed by atoms with Crippen molar-refractivity contribution in [3.05, 3.63) is 34.2 Å². The van der Waals surface area contributed by atoms with E-state index in [0.29, 0.717) is 10.9 Å². The van der Waals surface area contributed by atoms with Crippen molar-refractivity contribution in [2.75, 3.05) is 12.4 Å². The SMILES string of the molecule is COC(=O)[C@H](C)Nc1nc2cccc(C)c2c(=O)o1. The molecule has 0 bridgehead atoms. The van der Waals surface area contributed by atoms with E-state index in [1.807, 2.05) is 13.0 Å². The van der Waals surface area contributed by atoms with Gasteiger partial charge in [-0.05, 0) is 25.5 Å². The summed E-state index contributed by atoms with van der Waals surface area (Å²) in [6, 6.07) is 4.68. The van der Waals surface area contributed by atoms with Crippen molar-refractivity contribution in [2.45, 2.75) is 19.9 Å². The number of hydrogen-bond acceptors (Lipinski definition) is 6. The molecule has 0 aliphatic heterocycles. The lowest BCUT2D eigenvalue weighted by molar-refractivity contribution is -0.141. The summed E-state index contributed by atoms with van der Waals surface area (Å²) >= 11 is 0. The molecule has 0 aliphatic carbocycles. The molecule has 0 unspecified atom stereocenters. The standard InChI is InChI=1S/C13H14N2O4/c1-7-5-4-6-9-10(7)12(17)19-13(15-9)14-8(2)11(16)18-3/h4-6,8H,1-3H3,(H,14,15)/t8-/m0/s1. The fourth-order valence-corrected chi connectivity index (χ4v) is 1.76. The molecule has 0 spiro atoms. The molecule has 2 rings (SSSR count). The van der Waals surface area contributed by atoms with Crippen molar-refractivity contribution in [3.8, 4) is 0 Å². The first-order valence-corrected chi connectivity index (χ1v) is 5.77. The number of anilines is 1. The molecule has 1 aromatic heterocycles. The largest absolute Gasteiger partial charge is 0.467 e. The molecule has 0 saturated heterocycles. The molecule has 0 saturated carbocycles. The van der Waals surface area contributed by atoms with E-state index in [2.05, 4.69) is 15.0 Å². The van der Waals surface area contributed by atoms with Gasteiger partial charge < -0.3 is 14.5 Å². The number of fused-ring (bicyclic) bond motifs is 1. The maximum Gasteiger partial charge on any atom is 0.348 e. The lowest BCUT2D eigenvalue weighted by atomic mass is 10.1. The molecule has 1 atom stereocenters. The van der Waals surface area contributed by atoms with Gasteiger partial charge in [0.05, 0.1) is 18.0 Å². The summed E-state index contributed by atoms with van der Waals surface area (Å²) in [6.07, 6.45) is 0. The molecular weight excluding hydrogens is 248 g/mol. The van der Waals surface area contributed by atoms with Crippen LogP contribution in [0, 0.1) is 6.92 Å². The minimum Gasteiger partial charge on any atom is -0.467 e. The minimum absolute atomic E-state index is 0.000926. The molecule has 6 heteroatoms. The predicted molar refractivity (Wildman–Crippen MR) is 70.1 cm³/mol. The minimum atomic E-state index is -0.650. The third-order valence-electron chi connectivity index (χ3n) is 2.76. The molecule has 1 N–H and O–H groups in total. The van der Waals surface area contributed by atoms with E-state index in [4.69, 9.17) is 4.42 Å². The number of carbonyl (C=O) groups is 1. The molecule has 2 aromatic rings. The summed E-state index contributed by atoms with van der Waals surface area (Å²) in [5, 5.41) is 3.14. The maximum absolute atomic E-state index is 11.9. The highest BCUT2D eigenvalue weighted by molar-refractivity contribution is 5.82. The van der Waals surface area contributed by atoms with Gasteiger partial charge in [-0.25, -0.2) is 9.59 Å². The highest BCUT2D eigenvalue weighted by Crippen LogP contribution is 2.15. The fraction of sp³-hybridized carbons (Fsp3) is 0.308. The Morgan fingerprint density at radius 1 is 1.47 bits per heavy atom. The van der Waals surface area contributed by atoms with Gasteiger partial charge in [0.15, 0.2) is 0 Å². The number of aromatic nitrogens is 1. The lowest BCUT2D eigenvalue weighted by Crippen LogP contribution is -2.28. The Kier molecular flexibility index (Phi) is 3.50. The first-order chi connectivity index (χ1) is 9.02. The highest BCUT2D eigenvalue weighted by Gasteiger charge is 2.16. The van der Waals surface area contributed by atoms with Gasteiger partial charge >= 0.3 is 11.6 Å². The number of carbonyl (C=O) groups excluding carboxylic acids is 1. The Morgan fingerprint density at radius 2 is 2.21 bits per heavy atom. The van der Waals surface area contributed by atoms with Crippen LogP contribution in [-0.2, 0) is 9.53 Å². The van der Waals surface area contributed by atoms with Crippen LogP contribution >= 0.6 is 0 Å². The smallest absolute Gasteiger partial charge is 0.348 e. The number of rotatable bonds is 3. The monoisotopic (exact) mass is 262 g/mol. The van der Waals surface area contributed by atoms with Crippen molar-refractivity contribution in [3.63, 3.8) is 0 Å². The van der Waals surface area contributed by atoms with Crippen LogP contribution in [0.1, 0.15) is 12.5 Å². The fourth-order valence-electron chi connectivity index (χ4n) is 1.76. The van der Waals surface area contributed by atoms with E-state index in [0.717, 1.165) is 5.56 Å². The Hall–Kier alpha value is -2.37. The zero-order valence-corrected chi connectivity index (χ0v) is 10.9. The third kappa shape index (κ3) is 2.57. The van der Waals surface area contributed by atoms with Crippen LogP contribution in [0.15, 0.2) is 27.4 Å². The molecule has 0 amide bonds. The summed E-state index contributed by atoms with van der Waals surface area (Å²) in [4.78, 5) is 27.3. The third-order valence-corrected chi connectivity index (χ3v) is 2.76. The topological polar surface area (TPSA) is 81.4 Å². The molecule has 1 aromatic carbocycles. The molecule has 1 heterocycles. The quantitative estimate of drug-likeness (QED) is 0.843. The second kappa shape index (κ2) is 5.09. The average molecular weight is 262 g/mol. The number of aryl methyl sites for hydroxylation is 1. The van der Waals surface area contributed by atoms with Crippen LogP contribution in [0.2, 0.25) is 0 Å². The summed E-state index contributed by atoms with van der Waals surface area (Å²) < 4.78 is 9.62. The summed E-state index contributed by atoms with van der Waals surface area (Å²) in [5.41, 5.74) is 0.838. The molecule has 100 valence electrons. The van der Waals surface area contributed by atoms with E-state index in [1.165, 1.54) is 7.11 Å². The number of esters is 1. The second-order valence-corrected chi connectivity index (χ2v) is 4.16. The van der Waals surface area contributed by atoms with Gasteiger partial charge in [0.1, 0.15) is 6.04 Å². The molecule has 0 fully saturated rings. The number of ether oxygens (including phenoxy) is 1. The molecule has 0 radical (unpaired) electrons. The van der Waals surface area contributed by atoms with Crippen molar-refractivity contribution in [1.82, 2.24) is 4.98 Å². The zero-order chi connectivity index (χ0) is 14.0. The van der Waals surface area contributed by atoms with Crippen molar-refractivity contribution in [2.24, 2.45) is 0 Å². The van der Waals surface area contributed by atoms with Gasteiger partial charge in [-0.2, -0.15) is 4.98 Å². The summed E-state index contributed by atoms with van der Waals surface area (Å²) in [5.74, 6) is -0.464. The molecule has 0 aliphatic rings. The van der Waals surface area contributed by atoms with Crippen molar-refractivity contribution in [1.29, 1.82) is 0 Å². The first-order valence-electron chi connectivity index (χ1n) is 5.77. The summed E-state index contributed by atoms with van der Waals surface area (Å²) in [6.45, 7) is 3.40. The van der Waals surface area contributed by atoms with Crippen LogP contribution in [0.3, 0.4) is 0 Å². The van der Waals surface area contributed by atoms with Crippen LogP contribution < -0.4 is 10.9 Å². The number of methoxy groups -OCH3 is 1. The van der Waals surface area contributed by atoms with Crippen molar-refractivity contribution < 1.29 is 13.9 Å². The Labute approximate surface area is 109 Å². The second-order valence-electron chi connectivity index (χ2n) is 4.16. The number of benzene rings is 1. The van der Waals surface area contributed by atoms with Crippen LogP contribution in [0.5, 0.6) is 0 Å². The van der Waals surface area contributed by atoms with Gasteiger partial charge in [0, 0.05) is 0 Å². The van der Waals surface area contributed by atoms with Crippen molar-refractivity contribution >= 4 is 22.9 Å². The van der Waals surface area contributed by atoms with Gasteiger partial charge in [0.25, 0.3) is 6.01 Å². The van der Waals surface area contributed by atoms with Gasteiger partial charge in [-0.1, -0.05) is 12.1 Å². The highest BCUT2D eigenvalue weighted by atomic mass is 16.5. The van der Waals surface area contributed by atoms with Crippen LogP contribution in [0.25, 0.3) is 10.9 Å². The number of nitrogens with one attached hydrogen (secondary N) is 1. The normalized spacial score (nSPS) is 12.2. The number of nitrogens with zero attached hydrogens (tertiary/aromatic N) is 1. The Morgan fingerprint density at radius 3 is 2.89 bits per heavy atom. The van der Waals surface area contributed by atoms with E-state index in [1.54, 1.807) is 19.1 Å². The van der Waals surface area contributed by atoms with Crippen LogP contribution in [-0.4, -0.2) is 24.1 Å². The van der Waals surface area contributed by atoms with Gasteiger partial charge in [-0.15, -0.1) is 0 Å². The van der Waals surface area contributed by atoms with Gasteiger partial charge in [0.2, 0.25) is 0 Å². The Bertz CT molecular complexity index is 678.